The average Bonchev–Trinajstić information content (AvgIpc) is 2.47. The number of nitrogens with one attached hydrogen (secondary N) is 2. The van der Waals surface area contributed by atoms with E-state index in [2.05, 4.69) is 10.6 Å². The molecule has 0 radical (unpaired) electrons. The van der Waals surface area contributed by atoms with Gasteiger partial charge in [0.05, 0.1) is 5.56 Å². The third kappa shape index (κ3) is 8.97. The topological polar surface area (TPSA) is 67.4 Å². The van der Waals surface area contributed by atoms with Gasteiger partial charge in [-0.05, 0) is 44.9 Å². The summed E-state index contributed by atoms with van der Waals surface area (Å²) in [6.45, 7) is 5.70. The molecule has 0 saturated heterocycles. The molecule has 0 unspecified atom stereocenters. The Labute approximate surface area is 144 Å². The second kappa shape index (κ2) is 8.73. The van der Waals surface area contributed by atoms with Crippen LogP contribution in [0.15, 0.2) is 24.3 Å². The molecule has 5 nitrogen and oxygen atoms in total. The highest BCUT2D eigenvalue weighted by Gasteiger charge is 2.29. The summed E-state index contributed by atoms with van der Waals surface area (Å²) in [5, 5.41) is 5.16. The number of benzene rings is 1. The van der Waals surface area contributed by atoms with Gasteiger partial charge in [-0.3, -0.25) is 4.79 Å². The molecule has 0 heterocycles. The van der Waals surface area contributed by atoms with Crippen molar-refractivity contribution in [2.45, 2.75) is 51.9 Å². The Bertz CT molecular complexity index is 578. The van der Waals surface area contributed by atoms with Gasteiger partial charge in [-0.15, -0.1) is 0 Å². The monoisotopic (exact) mass is 360 g/mol. The first kappa shape index (κ1) is 20.8. The number of alkyl halides is 3. The van der Waals surface area contributed by atoms with Crippen molar-refractivity contribution in [2.24, 2.45) is 0 Å². The molecule has 0 spiro atoms. The fraction of sp³-hybridized carbons (Fsp3) is 0.529. The van der Waals surface area contributed by atoms with Crippen molar-refractivity contribution in [3.05, 3.63) is 35.4 Å². The summed E-state index contributed by atoms with van der Waals surface area (Å²) in [4.78, 5) is 23.1. The number of amides is 2. The third-order valence-corrected chi connectivity index (χ3v) is 3.02. The van der Waals surface area contributed by atoms with Gasteiger partial charge in [0, 0.05) is 19.5 Å². The summed E-state index contributed by atoms with van der Waals surface area (Å²) in [6, 6.07) is 4.61. The van der Waals surface area contributed by atoms with Crippen molar-refractivity contribution in [1.29, 1.82) is 0 Å². The maximum Gasteiger partial charge on any atom is 0.416 e. The van der Waals surface area contributed by atoms with Crippen LogP contribution in [0.25, 0.3) is 0 Å². The molecule has 0 atom stereocenters. The molecule has 1 aromatic rings. The van der Waals surface area contributed by atoms with Gasteiger partial charge in [0.2, 0.25) is 5.91 Å². The molecular weight excluding hydrogens is 337 g/mol. The number of carbonyl (C=O) groups excluding carboxylic acids is 2. The zero-order valence-corrected chi connectivity index (χ0v) is 14.5. The van der Waals surface area contributed by atoms with Crippen LogP contribution in [0.5, 0.6) is 0 Å². The van der Waals surface area contributed by atoms with E-state index in [0.29, 0.717) is 18.5 Å². The number of rotatable bonds is 6. The first-order valence-corrected chi connectivity index (χ1v) is 7.87. The minimum Gasteiger partial charge on any atom is -0.444 e. The lowest BCUT2D eigenvalue weighted by atomic mass is 10.1. The van der Waals surface area contributed by atoms with Gasteiger partial charge in [-0.2, -0.15) is 13.2 Å². The Hall–Kier alpha value is -2.25. The molecule has 8 heteroatoms. The standard InChI is InChI=1S/C17H23F3N2O3/c1-16(2,3)25-15(24)21-10-4-5-14(23)22-11-12-6-8-13(9-7-12)17(18,19)20/h6-9H,4-5,10-11H2,1-3H3,(H,21,24)(H,22,23). The first-order chi connectivity index (χ1) is 11.5. The molecule has 0 aliphatic carbocycles. The molecule has 0 saturated carbocycles. The predicted octanol–water partition coefficient (Wildman–Crippen LogP) is 3.63. The number of hydrogen-bond donors (Lipinski definition) is 2. The van der Waals surface area contributed by atoms with Gasteiger partial charge in [-0.1, -0.05) is 12.1 Å². The fourth-order valence-corrected chi connectivity index (χ4v) is 1.85. The predicted molar refractivity (Wildman–Crippen MR) is 86.8 cm³/mol. The molecule has 1 aromatic carbocycles. The molecule has 0 aliphatic rings. The summed E-state index contributed by atoms with van der Waals surface area (Å²) in [6.07, 6.45) is -4.30. The second-order valence-corrected chi connectivity index (χ2v) is 6.50. The summed E-state index contributed by atoms with van der Waals surface area (Å²) >= 11 is 0. The van der Waals surface area contributed by atoms with Crippen LogP contribution in [0.4, 0.5) is 18.0 Å². The van der Waals surface area contributed by atoms with E-state index < -0.39 is 23.4 Å². The molecule has 2 N–H and O–H groups in total. The highest BCUT2D eigenvalue weighted by molar-refractivity contribution is 5.76. The zero-order chi connectivity index (χ0) is 19.1. The van der Waals surface area contributed by atoms with Gasteiger partial charge < -0.3 is 15.4 Å². The van der Waals surface area contributed by atoms with E-state index in [1.807, 2.05) is 0 Å². The first-order valence-electron chi connectivity index (χ1n) is 7.87. The summed E-state index contributed by atoms with van der Waals surface area (Å²) in [5.74, 6) is -0.245. The van der Waals surface area contributed by atoms with Gasteiger partial charge in [-0.25, -0.2) is 4.79 Å². The van der Waals surface area contributed by atoms with Gasteiger partial charge >= 0.3 is 12.3 Å². The van der Waals surface area contributed by atoms with Crippen molar-refractivity contribution < 1.29 is 27.5 Å². The zero-order valence-electron chi connectivity index (χ0n) is 14.5. The highest BCUT2D eigenvalue weighted by atomic mass is 19.4. The third-order valence-electron chi connectivity index (χ3n) is 3.02. The van der Waals surface area contributed by atoms with Crippen LogP contribution in [-0.4, -0.2) is 24.1 Å². The highest BCUT2D eigenvalue weighted by Crippen LogP contribution is 2.29. The van der Waals surface area contributed by atoms with Crippen LogP contribution < -0.4 is 10.6 Å². The van der Waals surface area contributed by atoms with E-state index in [0.717, 1.165) is 12.1 Å². The molecule has 2 amide bonds. The molecular formula is C17H23F3N2O3. The van der Waals surface area contributed by atoms with Crippen LogP contribution in [0.1, 0.15) is 44.7 Å². The molecule has 0 aliphatic heterocycles. The van der Waals surface area contributed by atoms with Gasteiger partial charge in [0.15, 0.2) is 0 Å². The lowest BCUT2D eigenvalue weighted by Gasteiger charge is -2.19. The van der Waals surface area contributed by atoms with E-state index in [9.17, 15) is 22.8 Å². The van der Waals surface area contributed by atoms with Crippen molar-refractivity contribution in [2.75, 3.05) is 6.54 Å². The molecule has 140 valence electrons. The Kier molecular flexibility index (Phi) is 7.26. The Morgan fingerprint density at radius 3 is 2.16 bits per heavy atom. The van der Waals surface area contributed by atoms with E-state index in [4.69, 9.17) is 4.74 Å². The Morgan fingerprint density at radius 2 is 1.64 bits per heavy atom. The number of halogens is 3. The average molecular weight is 360 g/mol. The Morgan fingerprint density at radius 1 is 1.04 bits per heavy atom. The summed E-state index contributed by atoms with van der Waals surface area (Å²) in [5.41, 5.74) is -0.729. The van der Waals surface area contributed by atoms with Crippen molar-refractivity contribution >= 4 is 12.0 Å². The number of alkyl carbamates (subject to hydrolysis) is 1. The number of ether oxygens (including phenoxy) is 1. The van der Waals surface area contributed by atoms with Crippen LogP contribution in [0.3, 0.4) is 0 Å². The lowest BCUT2D eigenvalue weighted by molar-refractivity contribution is -0.137. The number of hydrogen-bond acceptors (Lipinski definition) is 3. The summed E-state index contributed by atoms with van der Waals surface area (Å²) in [7, 11) is 0. The van der Waals surface area contributed by atoms with E-state index >= 15 is 0 Å². The molecule has 25 heavy (non-hydrogen) atoms. The van der Waals surface area contributed by atoms with Crippen molar-refractivity contribution in [1.82, 2.24) is 10.6 Å². The van der Waals surface area contributed by atoms with Gasteiger partial charge in [0.1, 0.15) is 5.60 Å². The van der Waals surface area contributed by atoms with E-state index in [1.54, 1.807) is 20.8 Å². The van der Waals surface area contributed by atoms with E-state index in [1.165, 1.54) is 12.1 Å². The molecule has 1 rings (SSSR count). The largest absolute Gasteiger partial charge is 0.444 e. The van der Waals surface area contributed by atoms with Crippen LogP contribution in [0, 0.1) is 0 Å². The van der Waals surface area contributed by atoms with Crippen molar-refractivity contribution in [3.8, 4) is 0 Å². The molecule has 0 aromatic heterocycles. The minimum atomic E-state index is -4.37. The van der Waals surface area contributed by atoms with E-state index in [-0.39, 0.29) is 18.9 Å². The fourth-order valence-electron chi connectivity index (χ4n) is 1.85. The van der Waals surface area contributed by atoms with Crippen LogP contribution in [-0.2, 0) is 22.3 Å². The minimum absolute atomic E-state index is 0.149. The maximum absolute atomic E-state index is 12.4. The lowest BCUT2D eigenvalue weighted by Crippen LogP contribution is -2.33. The van der Waals surface area contributed by atoms with Gasteiger partial charge in [0.25, 0.3) is 0 Å². The summed E-state index contributed by atoms with van der Waals surface area (Å²) < 4.78 is 42.4. The van der Waals surface area contributed by atoms with Crippen LogP contribution >= 0.6 is 0 Å². The van der Waals surface area contributed by atoms with Crippen LogP contribution in [0.2, 0.25) is 0 Å². The second-order valence-electron chi connectivity index (χ2n) is 6.50. The quantitative estimate of drug-likeness (QED) is 0.762. The number of carbonyl (C=O) groups is 2. The smallest absolute Gasteiger partial charge is 0.416 e. The normalized spacial score (nSPS) is 11.8. The molecule has 0 bridgehead atoms. The van der Waals surface area contributed by atoms with Crippen molar-refractivity contribution in [3.63, 3.8) is 0 Å². The maximum atomic E-state index is 12.4. The SMILES string of the molecule is CC(C)(C)OC(=O)NCCCC(=O)NCc1ccc(C(F)(F)F)cc1. The Balaban J connectivity index is 2.24. The molecule has 0 fully saturated rings.